The third-order valence-electron chi connectivity index (χ3n) is 3.98. The number of nitrogens with one attached hydrogen (secondary N) is 1. The molecule has 0 unspecified atom stereocenters. The summed E-state index contributed by atoms with van der Waals surface area (Å²) >= 11 is 3.15. The van der Waals surface area contributed by atoms with E-state index in [9.17, 15) is 4.79 Å². The maximum atomic E-state index is 12.7. The highest BCUT2D eigenvalue weighted by Crippen LogP contribution is 2.27. The Kier molecular flexibility index (Phi) is 6.74. The predicted octanol–water partition coefficient (Wildman–Crippen LogP) is 2.00. The molecule has 0 atom stereocenters. The number of anilines is 1. The van der Waals surface area contributed by atoms with Crippen LogP contribution in [0, 0.1) is 0 Å². The number of nitrogen functional groups attached to an aromatic ring is 1. The molecule has 0 fully saturated rings. The summed E-state index contributed by atoms with van der Waals surface area (Å²) in [6, 6.07) is 9.74. The Bertz CT molecular complexity index is 1140. The van der Waals surface area contributed by atoms with Gasteiger partial charge in [-0.1, -0.05) is 65.1 Å². The molecule has 11 nitrogen and oxygen atoms in total. The fraction of sp³-hybridized carbons (Fsp3) is 0.167. The number of allylic oxidation sites excluding steroid dienone is 1. The summed E-state index contributed by atoms with van der Waals surface area (Å²) < 4.78 is 6.93. The van der Waals surface area contributed by atoms with Crippen molar-refractivity contribution in [3.8, 4) is 5.82 Å². The lowest BCUT2D eigenvalue weighted by molar-refractivity contribution is 0.0949. The van der Waals surface area contributed by atoms with E-state index in [1.54, 1.807) is 17.8 Å². The first-order chi connectivity index (χ1) is 15.2. The molecule has 1 aliphatic rings. The van der Waals surface area contributed by atoms with Gasteiger partial charge in [-0.2, -0.15) is 9.78 Å². The first-order valence-electron chi connectivity index (χ1n) is 9.10. The maximum absolute atomic E-state index is 12.7. The van der Waals surface area contributed by atoms with Gasteiger partial charge in [0.2, 0.25) is 11.6 Å². The molecule has 2 aromatic heterocycles. The van der Waals surface area contributed by atoms with Crippen LogP contribution in [0.2, 0.25) is 0 Å². The van der Waals surface area contributed by atoms with Crippen molar-refractivity contribution in [3.63, 3.8) is 0 Å². The molecule has 1 aliphatic heterocycles. The van der Waals surface area contributed by atoms with E-state index < -0.39 is 5.91 Å². The van der Waals surface area contributed by atoms with E-state index in [0.29, 0.717) is 11.4 Å². The minimum absolute atomic E-state index is 0.0414. The second-order valence-corrected chi connectivity index (χ2v) is 8.35. The Morgan fingerprint density at radius 2 is 2.23 bits per heavy atom. The van der Waals surface area contributed by atoms with E-state index in [1.165, 1.54) is 22.7 Å². The van der Waals surface area contributed by atoms with Crippen LogP contribution in [0.25, 0.3) is 11.9 Å². The summed E-state index contributed by atoms with van der Waals surface area (Å²) in [4.78, 5) is 17.1. The number of amides is 1. The summed E-state index contributed by atoms with van der Waals surface area (Å²) in [5.41, 5.74) is 9.84. The number of aromatic nitrogens is 5. The first-order valence-corrected chi connectivity index (χ1v) is 11.1. The Labute approximate surface area is 185 Å². The molecule has 0 spiro atoms. The largest absolute Gasteiger partial charge is 0.378 e. The third kappa shape index (κ3) is 5.19. The number of rotatable bonds is 7. The van der Waals surface area contributed by atoms with Gasteiger partial charge in [-0.25, -0.2) is 10.1 Å². The van der Waals surface area contributed by atoms with Crippen molar-refractivity contribution in [3.05, 3.63) is 53.4 Å². The number of aliphatic imine (C=N–C) groups is 1. The van der Waals surface area contributed by atoms with E-state index in [1.807, 2.05) is 36.4 Å². The van der Waals surface area contributed by atoms with Crippen LogP contribution in [-0.4, -0.2) is 54.1 Å². The number of carbonyl (C=O) groups excluding carboxylic acids is 1. The third-order valence-corrected chi connectivity index (χ3v) is 6.24. The van der Waals surface area contributed by atoms with Crippen molar-refractivity contribution >= 4 is 51.9 Å². The number of hydrazone groups is 1. The zero-order valence-electron chi connectivity index (χ0n) is 16.1. The van der Waals surface area contributed by atoms with Crippen molar-refractivity contribution in [1.82, 2.24) is 30.7 Å². The molecule has 1 amide bonds. The normalized spacial score (nSPS) is 13.9. The number of hydrogen-bond acceptors (Lipinski definition) is 11. The van der Waals surface area contributed by atoms with Crippen LogP contribution in [0.5, 0.6) is 0 Å². The zero-order valence-corrected chi connectivity index (χ0v) is 17.7. The van der Waals surface area contributed by atoms with Gasteiger partial charge in [0.1, 0.15) is 4.38 Å². The summed E-state index contributed by atoms with van der Waals surface area (Å²) in [6.45, 7) is 0.781. The fourth-order valence-electron chi connectivity index (χ4n) is 2.56. The summed E-state index contributed by atoms with van der Waals surface area (Å²) in [5, 5.41) is 19.2. The minimum atomic E-state index is -0.512. The summed E-state index contributed by atoms with van der Waals surface area (Å²) in [5.74, 6) is 1.02. The Balaban J connectivity index is 1.48. The predicted molar refractivity (Wildman–Crippen MR) is 121 cm³/mol. The lowest BCUT2D eigenvalue weighted by Crippen LogP contribution is -2.20. The number of benzene rings is 1. The fourth-order valence-corrected chi connectivity index (χ4v) is 4.56. The van der Waals surface area contributed by atoms with Gasteiger partial charge in [-0.15, -0.1) is 5.10 Å². The maximum Gasteiger partial charge on any atom is 0.293 e. The standard InChI is InChI=1S/C18H17N9O2S2/c19-15-16(25-29-24-15)27-13(11-31-18-20-9-10-30-18)14(22-26-27)17(28)23-21-8-4-7-12-5-2-1-3-6-12/h1-8H,9-11H2,(H2,19,24)(H,23,28)/b7-4+,21-8?. The van der Waals surface area contributed by atoms with Crippen molar-refractivity contribution in [2.24, 2.45) is 10.1 Å². The minimum Gasteiger partial charge on any atom is -0.378 e. The van der Waals surface area contributed by atoms with Crippen molar-refractivity contribution < 1.29 is 9.42 Å². The summed E-state index contributed by atoms with van der Waals surface area (Å²) in [7, 11) is 0. The Morgan fingerprint density at radius 3 is 2.97 bits per heavy atom. The molecular weight excluding hydrogens is 438 g/mol. The van der Waals surface area contributed by atoms with Crippen molar-refractivity contribution in [2.75, 3.05) is 18.0 Å². The van der Waals surface area contributed by atoms with E-state index >= 15 is 0 Å². The highest BCUT2D eigenvalue weighted by Gasteiger charge is 2.24. The molecule has 0 radical (unpaired) electrons. The molecule has 31 heavy (non-hydrogen) atoms. The van der Waals surface area contributed by atoms with Gasteiger partial charge in [0.25, 0.3) is 5.91 Å². The molecular formula is C18H17N9O2S2. The van der Waals surface area contributed by atoms with Gasteiger partial charge in [0.15, 0.2) is 5.69 Å². The van der Waals surface area contributed by atoms with E-state index in [2.05, 4.69) is 40.8 Å². The zero-order chi connectivity index (χ0) is 21.5. The van der Waals surface area contributed by atoms with E-state index in [0.717, 1.165) is 22.2 Å². The molecule has 158 valence electrons. The topological polar surface area (TPSA) is 149 Å². The van der Waals surface area contributed by atoms with Crippen LogP contribution >= 0.6 is 23.5 Å². The Morgan fingerprint density at radius 1 is 1.35 bits per heavy atom. The van der Waals surface area contributed by atoms with Gasteiger partial charge in [-0.3, -0.25) is 9.79 Å². The molecule has 4 rings (SSSR count). The van der Waals surface area contributed by atoms with Crippen LogP contribution < -0.4 is 11.2 Å². The van der Waals surface area contributed by atoms with E-state index in [4.69, 9.17) is 5.73 Å². The molecule has 1 aromatic carbocycles. The molecule has 3 N–H and O–H groups in total. The smallest absolute Gasteiger partial charge is 0.293 e. The summed E-state index contributed by atoms with van der Waals surface area (Å²) in [6.07, 6.45) is 5.07. The molecule has 0 bridgehead atoms. The number of thioether (sulfide) groups is 2. The first kappa shape index (κ1) is 20.8. The number of hydrogen-bond donors (Lipinski definition) is 2. The van der Waals surface area contributed by atoms with Gasteiger partial charge >= 0.3 is 0 Å². The quantitative estimate of drug-likeness (QED) is 0.403. The molecule has 0 saturated carbocycles. The van der Waals surface area contributed by atoms with Crippen molar-refractivity contribution in [2.45, 2.75) is 5.75 Å². The molecule has 0 aliphatic carbocycles. The molecule has 3 heterocycles. The molecule has 13 heteroatoms. The lowest BCUT2D eigenvalue weighted by Gasteiger charge is -2.05. The molecule has 3 aromatic rings. The van der Waals surface area contributed by atoms with Gasteiger partial charge < -0.3 is 5.73 Å². The van der Waals surface area contributed by atoms with Gasteiger partial charge in [0, 0.05) is 17.7 Å². The SMILES string of the molecule is Nc1nonc1-n1nnc(C(=O)NN=C/C=C/c2ccccc2)c1CSC1=NCCS1. The second kappa shape index (κ2) is 10.0. The van der Waals surface area contributed by atoms with E-state index in [-0.39, 0.29) is 17.3 Å². The van der Waals surface area contributed by atoms with Crippen LogP contribution in [-0.2, 0) is 5.75 Å². The number of nitrogens with two attached hydrogens (primary N) is 1. The van der Waals surface area contributed by atoms with Crippen LogP contribution in [0.15, 0.2) is 51.1 Å². The Hall–Kier alpha value is -3.45. The monoisotopic (exact) mass is 455 g/mol. The van der Waals surface area contributed by atoms with Crippen LogP contribution in [0.3, 0.4) is 0 Å². The average Bonchev–Trinajstić information content (AvgIpc) is 3.53. The van der Waals surface area contributed by atoms with Gasteiger partial charge in [-0.05, 0) is 22.0 Å². The van der Waals surface area contributed by atoms with Crippen molar-refractivity contribution in [1.29, 1.82) is 0 Å². The molecule has 0 saturated heterocycles. The number of carbonyl (C=O) groups is 1. The van der Waals surface area contributed by atoms with Crippen LogP contribution in [0.1, 0.15) is 21.7 Å². The second-order valence-electron chi connectivity index (χ2n) is 6.04. The van der Waals surface area contributed by atoms with Crippen LogP contribution in [0.4, 0.5) is 5.82 Å². The lowest BCUT2D eigenvalue weighted by atomic mass is 10.2. The number of nitrogens with zero attached hydrogens (tertiary/aromatic N) is 7. The highest BCUT2D eigenvalue weighted by atomic mass is 32.2. The average molecular weight is 456 g/mol. The highest BCUT2D eigenvalue weighted by molar-refractivity contribution is 8.38. The van der Waals surface area contributed by atoms with Gasteiger partial charge in [0.05, 0.1) is 12.2 Å².